The van der Waals surface area contributed by atoms with E-state index in [4.69, 9.17) is 11.6 Å². The lowest BCUT2D eigenvalue weighted by Gasteiger charge is -2.23. The van der Waals surface area contributed by atoms with E-state index >= 15 is 0 Å². The number of benzene rings is 1. The van der Waals surface area contributed by atoms with Crippen molar-refractivity contribution < 1.29 is 19.6 Å². The number of fused-ring (bicyclic) bond motifs is 1. The van der Waals surface area contributed by atoms with Gasteiger partial charge in [-0.05, 0) is 30.9 Å². The van der Waals surface area contributed by atoms with Gasteiger partial charge in [0.15, 0.2) is 0 Å². The molecule has 25 heavy (non-hydrogen) atoms. The standard InChI is InChI=1S/C16H17ClN2O5S/c17-11-3-4-13(12(6-11)19(23)24)25-8-14(20)18-7-10-2-1-5-16(10,9-18)15(21)22/h3-4,6,10H,1-2,5,7-9H2,(H,21,22)/t10-,16+/m0/s1. The first-order valence-electron chi connectivity index (χ1n) is 7.91. The summed E-state index contributed by atoms with van der Waals surface area (Å²) in [5.74, 6) is -0.982. The molecule has 1 aliphatic carbocycles. The number of hydrogen-bond donors (Lipinski definition) is 1. The molecule has 1 N–H and O–H groups in total. The zero-order valence-corrected chi connectivity index (χ0v) is 14.9. The van der Waals surface area contributed by atoms with Crippen LogP contribution in [0.25, 0.3) is 0 Å². The number of halogens is 1. The molecule has 3 rings (SSSR count). The van der Waals surface area contributed by atoms with Crippen LogP contribution in [0.5, 0.6) is 0 Å². The molecular weight excluding hydrogens is 368 g/mol. The van der Waals surface area contributed by atoms with Gasteiger partial charge in [0.25, 0.3) is 5.69 Å². The van der Waals surface area contributed by atoms with Crippen molar-refractivity contribution in [1.29, 1.82) is 0 Å². The van der Waals surface area contributed by atoms with E-state index in [2.05, 4.69) is 0 Å². The molecule has 2 atom stereocenters. The average molecular weight is 385 g/mol. The summed E-state index contributed by atoms with van der Waals surface area (Å²) in [6.45, 7) is 0.684. The maximum absolute atomic E-state index is 12.5. The van der Waals surface area contributed by atoms with Crippen molar-refractivity contribution in [3.8, 4) is 0 Å². The molecule has 1 saturated carbocycles. The minimum Gasteiger partial charge on any atom is -0.481 e. The third-order valence-electron chi connectivity index (χ3n) is 5.12. The number of carboxylic acids is 1. The van der Waals surface area contributed by atoms with Crippen LogP contribution >= 0.6 is 23.4 Å². The van der Waals surface area contributed by atoms with Crippen molar-refractivity contribution in [3.05, 3.63) is 33.3 Å². The van der Waals surface area contributed by atoms with E-state index in [1.807, 2.05) is 0 Å². The summed E-state index contributed by atoms with van der Waals surface area (Å²) in [4.78, 5) is 36.7. The number of hydrogen-bond acceptors (Lipinski definition) is 5. The van der Waals surface area contributed by atoms with E-state index in [0.717, 1.165) is 24.6 Å². The molecular formula is C16H17ClN2O5S. The average Bonchev–Trinajstić information content (AvgIpc) is 3.11. The summed E-state index contributed by atoms with van der Waals surface area (Å²) >= 11 is 6.86. The fourth-order valence-electron chi connectivity index (χ4n) is 3.81. The molecule has 0 aromatic heterocycles. The second kappa shape index (κ2) is 6.84. The summed E-state index contributed by atoms with van der Waals surface area (Å²) in [5, 5.41) is 20.9. The molecule has 0 spiro atoms. The highest BCUT2D eigenvalue weighted by molar-refractivity contribution is 8.00. The topological polar surface area (TPSA) is 101 Å². The number of nitro groups is 1. The molecule has 7 nitrogen and oxygen atoms in total. The fourth-order valence-corrected chi connectivity index (χ4v) is 4.89. The van der Waals surface area contributed by atoms with Crippen LogP contribution in [-0.4, -0.2) is 45.6 Å². The van der Waals surface area contributed by atoms with Gasteiger partial charge < -0.3 is 10.0 Å². The molecule has 1 heterocycles. The van der Waals surface area contributed by atoms with Crippen molar-refractivity contribution in [3.63, 3.8) is 0 Å². The van der Waals surface area contributed by atoms with Crippen molar-refractivity contribution in [1.82, 2.24) is 4.90 Å². The number of amides is 1. The Labute approximate surface area is 153 Å². The molecule has 2 fully saturated rings. The maximum atomic E-state index is 12.5. The smallest absolute Gasteiger partial charge is 0.311 e. The van der Waals surface area contributed by atoms with Crippen molar-refractivity contribution in [2.24, 2.45) is 11.3 Å². The number of nitro benzene ring substituents is 1. The predicted octanol–water partition coefficient (Wildman–Crippen LogP) is 3.05. The Morgan fingerprint density at radius 1 is 1.48 bits per heavy atom. The Morgan fingerprint density at radius 2 is 2.24 bits per heavy atom. The number of aliphatic carboxylic acids is 1. The number of thioether (sulfide) groups is 1. The second-order valence-electron chi connectivity index (χ2n) is 6.48. The largest absolute Gasteiger partial charge is 0.481 e. The van der Waals surface area contributed by atoms with Gasteiger partial charge in [0.1, 0.15) is 0 Å². The lowest BCUT2D eigenvalue weighted by Crippen LogP contribution is -2.37. The normalized spacial score (nSPS) is 25.0. The summed E-state index contributed by atoms with van der Waals surface area (Å²) in [5.41, 5.74) is -0.947. The van der Waals surface area contributed by atoms with E-state index in [1.54, 1.807) is 11.0 Å². The third-order valence-corrected chi connectivity index (χ3v) is 6.40. The van der Waals surface area contributed by atoms with Crippen LogP contribution in [0.2, 0.25) is 5.02 Å². The Bertz CT molecular complexity index is 743. The van der Waals surface area contributed by atoms with Crippen LogP contribution in [0.15, 0.2) is 23.1 Å². The summed E-state index contributed by atoms with van der Waals surface area (Å²) < 4.78 is 0. The fraction of sp³-hybridized carbons (Fsp3) is 0.500. The van der Waals surface area contributed by atoms with E-state index in [0.29, 0.717) is 17.9 Å². The Kier molecular flexibility index (Phi) is 4.92. The SMILES string of the molecule is O=C(CSc1ccc(Cl)cc1[N+](=O)[O-])N1C[C@@H]2CCC[C@@]2(C(=O)O)C1. The van der Waals surface area contributed by atoms with Gasteiger partial charge >= 0.3 is 5.97 Å². The maximum Gasteiger partial charge on any atom is 0.311 e. The number of carbonyl (C=O) groups is 2. The molecule has 1 amide bonds. The highest BCUT2D eigenvalue weighted by Gasteiger charge is 2.55. The zero-order chi connectivity index (χ0) is 18.2. The van der Waals surface area contributed by atoms with Crippen molar-refractivity contribution >= 4 is 40.9 Å². The Balaban J connectivity index is 1.67. The van der Waals surface area contributed by atoms with Crippen molar-refractivity contribution in [2.75, 3.05) is 18.8 Å². The molecule has 1 aliphatic heterocycles. The molecule has 0 unspecified atom stereocenters. The molecule has 1 saturated heterocycles. The van der Waals surface area contributed by atoms with Gasteiger partial charge in [0.05, 0.1) is 21.0 Å². The summed E-state index contributed by atoms with van der Waals surface area (Å²) in [6, 6.07) is 4.32. The first kappa shape index (κ1) is 18.0. The van der Waals surface area contributed by atoms with Gasteiger partial charge in [0, 0.05) is 24.2 Å². The van der Waals surface area contributed by atoms with Crippen LogP contribution in [0.3, 0.4) is 0 Å². The lowest BCUT2D eigenvalue weighted by atomic mass is 9.81. The van der Waals surface area contributed by atoms with Crippen LogP contribution < -0.4 is 0 Å². The van der Waals surface area contributed by atoms with Crippen LogP contribution in [-0.2, 0) is 9.59 Å². The highest BCUT2D eigenvalue weighted by atomic mass is 35.5. The first-order valence-corrected chi connectivity index (χ1v) is 9.28. The molecule has 134 valence electrons. The Morgan fingerprint density at radius 3 is 2.88 bits per heavy atom. The van der Waals surface area contributed by atoms with Crippen LogP contribution in [0.1, 0.15) is 19.3 Å². The van der Waals surface area contributed by atoms with E-state index < -0.39 is 16.3 Å². The molecule has 0 bridgehead atoms. The van der Waals surface area contributed by atoms with Gasteiger partial charge in [-0.1, -0.05) is 18.0 Å². The number of rotatable bonds is 5. The number of carboxylic acid groups (broad SMARTS) is 1. The molecule has 2 aliphatic rings. The van der Waals surface area contributed by atoms with Gasteiger partial charge in [-0.15, -0.1) is 11.8 Å². The third kappa shape index (κ3) is 3.32. The zero-order valence-electron chi connectivity index (χ0n) is 13.3. The molecule has 0 radical (unpaired) electrons. The molecule has 1 aromatic rings. The monoisotopic (exact) mass is 384 g/mol. The van der Waals surface area contributed by atoms with E-state index in [-0.39, 0.29) is 34.8 Å². The number of nitrogens with zero attached hydrogens (tertiary/aromatic N) is 2. The summed E-state index contributed by atoms with van der Waals surface area (Å²) in [6.07, 6.45) is 2.31. The van der Waals surface area contributed by atoms with E-state index in [9.17, 15) is 24.8 Å². The number of likely N-dealkylation sites (tertiary alicyclic amines) is 1. The summed E-state index contributed by atoms with van der Waals surface area (Å²) in [7, 11) is 0. The van der Waals surface area contributed by atoms with Gasteiger partial charge in [-0.2, -0.15) is 0 Å². The lowest BCUT2D eigenvalue weighted by molar-refractivity contribution is -0.387. The second-order valence-corrected chi connectivity index (χ2v) is 7.94. The molecule has 9 heteroatoms. The quantitative estimate of drug-likeness (QED) is 0.475. The minimum atomic E-state index is -0.828. The molecule has 1 aromatic carbocycles. The van der Waals surface area contributed by atoms with Crippen LogP contribution in [0.4, 0.5) is 5.69 Å². The van der Waals surface area contributed by atoms with Gasteiger partial charge in [-0.3, -0.25) is 19.7 Å². The Hall–Kier alpha value is -1.80. The predicted molar refractivity (Wildman–Crippen MR) is 92.8 cm³/mol. The van der Waals surface area contributed by atoms with E-state index in [1.165, 1.54) is 12.1 Å². The number of carbonyl (C=O) groups excluding carboxylic acids is 1. The minimum absolute atomic E-state index is 0.00354. The highest BCUT2D eigenvalue weighted by Crippen LogP contribution is 2.49. The van der Waals surface area contributed by atoms with Gasteiger partial charge in [-0.25, -0.2) is 0 Å². The first-order chi connectivity index (χ1) is 11.8. The van der Waals surface area contributed by atoms with Gasteiger partial charge in [0.2, 0.25) is 5.91 Å². The van der Waals surface area contributed by atoms with Crippen LogP contribution in [0, 0.1) is 21.4 Å². The van der Waals surface area contributed by atoms with Crippen molar-refractivity contribution in [2.45, 2.75) is 24.2 Å².